The summed E-state index contributed by atoms with van der Waals surface area (Å²) in [6.07, 6.45) is 3.48. The third-order valence-corrected chi connectivity index (χ3v) is 1.98. The van der Waals surface area contributed by atoms with Crippen molar-refractivity contribution in [3.63, 3.8) is 0 Å². The third kappa shape index (κ3) is 2.41. The average molecular weight is 209 g/mol. The van der Waals surface area contributed by atoms with Crippen LogP contribution in [0.25, 0.3) is 6.08 Å². The number of phenolic OH excluding ortho intramolecular Hbond substituents is 1. The smallest absolute Gasteiger partial charge is 0.203 e. The third-order valence-electron chi connectivity index (χ3n) is 1.98. The zero-order valence-corrected chi connectivity index (χ0v) is 8.86. The SMILES string of the molecule is COc1ccc(/C=C/CN)c(O)c1OC. The average Bonchev–Trinajstić information content (AvgIpc) is 2.27. The lowest BCUT2D eigenvalue weighted by Gasteiger charge is -2.10. The largest absolute Gasteiger partial charge is 0.504 e. The first-order valence-corrected chi connectivity index (χ1v) is 4.55. The van der Waals surface area contributed by atoms with Gasteiger partial charge in [0.2, 0.25) is 5.75 Å². The van der Waals surface area contributed by atoms with E-state index in [1.54, 1.807) is 24.3 Å². The summed E-state index contributed by atoms with van der Waals surface area (Å²) >= 11 is 0. The predicted octanol–water partition coefficient (Wildman–Crippen LogP) is 1.38. The van der Waals surface area contributed by atoms with Crippen LogP contribution in [0, 0.1) is 0 Å². The Kier molecular flexibility index (Phi) is 4.00. The molecule has 1 aromatic rings. The molecular formula is C11H15NO3. The van der Waals surface area contributed by atoms with E-state index in [0.29, 0.717) is 23.6 Å². The van der Waals surface area contributed by atoms with Crippen molar-refractivity contribution in [3.8, 4) is 17.2 Å². The molecule has 1 aromatic carbocycles. The summed E-state index contributed by atoms with van der Waals surface area (Å²) in [7, 11) is 3.00. The summed E-state index contributed by atoms with van der Waals surface area (Å²) in [6, 6.07) is 3.47. The Bertz CT molecular complexity index is 361. The van der Waals surface area contributed by atoms with Crippen LogP contribution in [0.1, 0.15) is 5.56 Å². The normalized spacial score (nSPS) is 10.6. The van der Waals surface area contributed by atoms with Gasteiger partial charge in [-0.3, -0.25) is 0 Å². The van der Waals surface area contributed by atoms with Gasteiger partial charge in [-0.2, -0.15) is 0 Å². The maximum Gasteiger partial charge on any atom is 0.203 e. The fourth-order valence-electron chi connectivity index (χ4n) is 1.26. The van der Waals surface area contributed by atoms with Crippen molar-refractivity contribution in [1.82, 2.24) is 0 Å². The van der Waals surface area contributed by atoms with Crippen LogP contribution in [0.4, 0.5) is 0 Å². The van der Waals surface area contributed by atoms with Gasteiger partial charge in [-0.25, -0.2) is 0 Å². The minimum Gasteiger partial charge on any atom is -0.504 e. The van der Waals surface area contributed by atoms with Gasteiger partial charge in [0.25, 0.3) is 0 Å². The highest BCUT2D eigenvalue weighted by Crippen LogP contribution is 2.39. The van der Waals surface area contributed by atoms with E-state index in [2.05, 4.69) is 0 Å². The number of nitrogens with two attached hydrogens (primary N) is 1. The maximum atomic E-state index is 9.83. The molecule has 0 spiro atoms. The van der Waals surface area contributed by atoms with Crippen LogP contribution in [0.5, 0.6) is 17.2 Å². The first kappa shape index (κ1) is 11.4. The van der Waals surface area contributed by atoms with Crippen molar-refractivity contribution in [3.05, 3.63) is 23.8 Å². The minimum absolute atomic E-state index is 0.0570. The van der Waals surface area contributed by atoms with E-state index in [4.69, 9.17) is 15.2 Å². The lowest BCUT2D eigenvalue weighted by molar-refractivity contribution is 0.333. The van der Waals surface area contributed by atoms with E-state index < -0.39 is 0 Å². The molecule has 0 amide bonds. The van der Waals surface area contributed by atoms with Crippen molar-refractivity contribution in [2.75, 3.05) is 20.8 Å². The second kappa shape index (κ2) is 5.26. The zero-order valence-electron chi connectivity index (χ0n) is 8.86. The van der Waals surface area contributed by atoms with Crippen LogP contribution in [-0.2, 0) is 0 Å². The summed E-state index contributed by atoms with van der Waals surface area (Å²) in [5, 5.41) is 9.83. The Labute approximate surface area is 88.9 Å². The van der Waals surface area contributed by atoms with Crippen molar-refractivity contribution < 1.29 is 14.6 Å². The van der Waals surface area contributed by atoms with Gasteiger partial charge in [-0.15, -0.1) is 0 Å². The molecule has 1 rings (SSSR count). The number of hydrogen-bond acceptors (Lipinski definition) is 4. The van der Waals surface area contributed by atoms with Crippen LogP contribution < -0.4 is 15.2 Å². The first-order valence-electron chi connectivity index (χ1n) is 4.55. The summed E-state index contributed by atoms with van der Waals surface area (Å²) in [5.74, 6) is 0.887. The van der Waals surface area contributed by atoms with Gasteiger partial charge in [-0.1, -0.05) is 12.2 Å². The van der Waals surface area contributed by atoms with Crippen LogP contribution in [0.2, 0.25) is 0 Å². The highest BCUT2D eigenvalue weighted by atomic mass is 16.5. The topological polar surface area (TPSA) is 64.7 Å². The molecule has 4 heteroatoms. The maximum absolute atomic E-state index is 9.83. The molecule has 0 unspecified atom stereocenters. The Hall–Kier alpha value is -1.68. The lowest BCUT2D eigenvalue weighted by atomic mass is 10.1. The summed E-state index contributed by atoms with van der Waals surface area (Å²) in [5.41, 5.74) is 5.98. The summed E-state index contributed by atoms with van der Waals surface area (Å²) in [6.45, 7) is 0.424. The second-order valence-corrected chi connectivity index (χ2v) is 2.88. The molecule has 82 valence electrons. The van der Waals surface area contributed by atoms with Gasteiger partial charge in [-0.05, 0) is 12.1 Å². The van der Waals surface area contributed by atoms with Gasteiger partial charge in [0.15, 0.2) is 11.5 Å². The molecule has 0 aliphatic rings. The van der Waals surface area contributed by atoms with E-state index in [1.807, 2.05) is 0 Å². The molecule has 0 saturated carbocycles. The Morgan fingerprint density at radius 1 is 1.33 bits per heavy atom. The number of benzene rings is 1. The van der Waals surface area contributed by atoms with Gasteiger partial charge in [0.05, 0.1) is 14.2 Å². The zero-order chi connectivity index (χ0) is 11.3. The van der Waals surface area contributed by atoms with Gasteiger partial charge >= 0.3 is 0 Å². The lowest BCUT2D eigenvalue weighted by Crippen LogP contribution is -1.94. The van der Waals surface area contributed by atoms with Crippen molar-refractivity contribution in [1.29, 1.82) is 0 Å². The number of ether oxygens (including phenoxy) is 2. The highest BCUT2D eigenvalue weighted by molar-refractivity contribution is 5.65. The van der Waals surface area contributed by atoms with E-state index >= 15 is 0 Å². The molecule has 15 heavy (non-hydrogen) atoms. The summed E-state index contributed by atoms with van der Waals surface area (Å²) in [4.78, 5) is 0. The number of rotatable bonds is 4. The minimum atomic E-state index is 0.0570. The molecular weight excluding hydrogens is 194 g/mol. The van der Waals surface area contributed by atoms with Gasteiger partial charge in [0.1, 0.15) is 0 Å². The molecule has 0 bridgehead atoms. The Morgan fingerprint density at radius 2 is 2.07 bits per heavy atom. The molecule has 0 fully saturated rings. The summed E-state index contributed by atoms with van der Waals surface area (Å²) < 4.78 is 10.1. The molecule has 4 nitrogen and oxygen atoms in total. The van der Waals surface area contributed by atoms with E-state index in [9.17, 15) is 5.11 Å². The van der Waals surface area contributed by atoms with E-state index in [-0.39, 0.29) is 5.75 Å². The van der Waals surface area contributed by atoms with Crippen molar-refractivity contribution in [2.45, 2.75) is 0 Å². The fourth-order valence-corrected chi connectivity index (χ4v) is 1.26. The molecule has 0 heterocycles. The van der Waals surface area contributed by atoms with Gasteiger partial charge in [0, 0.05) is 12.1 Å². The Balaban J connectivity index is 3.17. The quantitative estimate of drug-likeness (QED) is 0.786. The number of phenols is 1. The molecule has 3 N–H and O–H groups in total. The fraction of sp³-hybridized carbons (Fsp3) is 0.273. The number of aromatic hydroxyl groups is 1. The molecule has 0 saturated heterocycles. The number of methoxy groups -OCH3 is 2. The van der Waals surface area contributed by atoms with E-state index in [1.165, 1.54) is 14.2 Å². The van der Waals surface area contributed by atoms with Crippen LogP contribution in [-0.4, -0.2) is 25.9 Å². The monoisotopic (exact) mass is 209 g/mol. The van der Waals surface area contributed by atoms with Gasteiger partial charge < -0.3 is 20.3 Å². The Morgan fingerprint density at radius 3 is 2.60 bits per heavy atom. The number of hydrogen-bond donors (Lipinski definition) is 2. The highest BCUT2D eigenvalue weighted by Gasteiger charge is 2.11. The predicted molar refractivity (Wildman–Crippen MR) is 59.3 cm³/mol. The standard InChI is InChI=1S/C11H15NO3/c1-14-9-6-5-8(4-3-7-12)10(13)11(9)15-2/h3-6,13H,7,12H2,1-2H3/b4-3+. The molecule has 0 aliphatic heterocycles. The van der Waals surface area contributed by atoms with Crippen LogP contribution >= 0.6 is 0 Å². The molecule has 0 radical (unpaired) electrons. The first-order chi connectivity index (χ1) is 7.24. The molecule has 0 aromatic heterocycles. The second-order valence-electron chi connectivity index (χ2n) is 2.88. The van der Waals surface area contributed by atoms with Crippen molar-refractivity contribution >= 4 is 6.08 Å². The van der Waals surface area contributed by atoms with Crippen molar-refractivity contribution in [2.24, 2.45) is 5.73 Å². The van der Waals surface area contributed by atoms with Crippen LogP contribution in [0.3, 0.4) is 0 Å². The van der Waals surface area contributed by atoms with E-state index in [0.717, 1.165) is 0 Å². The molecule has 0 atom stereocenters. The molecule has 0 aliphatic carbocycles. The van der Waals surface area contributed by atoms with Crippen LogP contribution in [0.15, 0.2) is 18.2 Å².